The average Bonchev–Trinajstić information content (AvgIpc) is 1.95. The second-order valence-corrected chi connectivity index (χ2v) is 2.40. The highest BCUT2D eigenvalue weighted by atomic mass is 35.5. The van der Waals surface area contributed by atoms with Crippen LogP contribution < -0.4 is 5.73 Å². The summed E-state index contributed by atoms with van der Waals surface area (Å²) >= 11 is 0. The minimum absolute atomic E-state index is 0. The van der Waals surface area contributed by atoms with E-state index in [2.05, 4.69) is 11.9 Å². The topological polar surface area (TPSA) is 38.9 Å². The van der Waals surface area contributed by atoms with Crippen LogP contribution in [0, 0.1) is 13.8 Å². The van der Waals surface area contributed by atoms with Gasteiger partial charge in [0.1, 0.15) is 0 Å². The van der Waals surface area contributed by atoms with E-state index >= 15 is 0 Å². The summed E-state index contributed by atoms with van der Waals surface area (Å²) in [5.41, 5.74) is 8.93. The third-order valence-corrected chi connectivity index (χ3v) is 1.77. The second kappa shape index (κ2) is 4.31. The van der Waals surface area contributed by atoms with Crippen molar-refractivity contribution in [2.24, 2.45) is 5.73 Å². The first-order chi connectivity index (χ1) is 4.75. The molecule has 1 heterocycles. The summed E-state index contributed by atoms with van der Waals surface area (Å²) in [6, 6.07) is 1.99. The van der Waals surface area contributed by atoms with Crippen molar-refractivity contribution in [3.05, 3.63) is 29.1 Å². The zero-order valence-electron chi connectivity index (χ0n) is 6.79. The van der Waals surface area contributed by atoms with Gasteiger partial charge in [-0.05, 0) is 31.0 Å². The lowest BCUT2D eigenvalue weighted by molar-refractivity contribution is 0.959. The van der Waals surface area contributed by atoms with E-state index in [0.29, 0.717) is 6.54 Å². The van der Waals surface area contributed by atoms with Crippen LogP contribution in [0.5, 0.6) is 0 Å². The number of nitrogens with two attached hydrogens (primary N) is 1. The van der Waals surface area contributed by atoms with Gasteiger partial charge in [0, 0.05) is 12.7 Å². The van der Waals surface area contributed by atoms with Crippen LogP contribution in [0.15, 0.2) is 12.3 Å². The van der Waals surface area contributed by atoms with E-state index in [-0.39, 0.29) is 12.4 Å². The number of halogens is 1. The van der Waals surface area contributed by atoms with Gasteiger partial charge in [0.2, 0.25) is 0 Å². The van der Waals surface area contributed by atoms with Crippen LogP contribution in [-0.4, -0.2) is 4.98 Å². The summed E-state index contributed by atoms with van der Waals surface area (Å²) in [5, 5.41) is 0. The van der Waals surface area contributed by atoms with Gasteiger partial charge >= 0.3 is 0 Å². The molecule has 3 heteroatoms. The van der Waals surface area contributed by atoms with Gasteiger partial charge in [-0.15, -0.1) is 12.4 Å². The quantitative estimate of drug-likeness (QED) is 0.699. The zero-order valence-corrected chi connectivity index (χ0v) is 7.61. The van der Waals surface area contributed by atoms with Crippen molar-refractivity contribution in [3.63, 3.8) is 0 Å². The second-order valence-electron chi connectivity index (χ2n) is 2.40. The highest BCUT2D eigenvalue weighted by Crippen LogP contribution is 2.07. The van der Waals surface area contributed by atoms with Gasteiger partial charge in [-0.2, -0.15) is 0 Å². The van der Waals surface area contributed by atoms with Crippen LogP contribution in [0.3, 0.4) is 0 Å². The van der Waals surface area contributed by atoms with Gasteiger partial charge in [0.05, 0.1) is 5.69 Å². The molecule has 0 amide bonds. The summed E-state index contributed by atoms with van der Waals surface area (Å²) in [5.74, 6) is 0. The summed E-state index contributed by atoms with van der Waals surface area (Å²) in [6.07, 6.45) is 1.80. The Bertz CT molecular complexity index is 236. The molecular weight excluding hydrogens is 160 g/mol. The highest BCUT2D eigenvalue weighted by molar-refractivity contribution is 5.85. The number of hydrogen-bond donors (Lipinski definition) is 1. The molecule has 0 aromatic carbocycles. The Kier molecular flexibility index (Phi) is 4.08. The monoisotopic (exact) mass is 172 g/mol. The Hall–Kier alpha value is -0.600. The average molecular weight is 173 g/mol. The zero-order chi connectivity index (χ0) is 7.56. The molecule has 0 unspecified atom stereocenters. The van der Waals surface area contributed by atoms with Crippen LogP contribution in [0.1, 0.15) is 16.8 Å². The van der Waals surface area contributed by atoms with Crippen LogP contribution in [0.25, 0.3) is 0 Å². The molecule has 0 saturated heterocycles. The normalized spacial score (nSPS) is 9.00. The molecule has 1 aromatic rings. The van der Waals surface area contributed by atoms with Crippen molar-refractivity contribution >= 4 is 12.4 Å². The third kappa shape index (κ3) is 2.17. The Balaban J connectivity index is 0.000001000. The van der Waals surface area contributed by atoms with Gasteiger partial charge in [0.15, 0.2) is 0 Å². The Morgan fingerprint density at radius 2 is 2.09 bits per heavy atom. The number of hydrogen-bond acceptors (Lipinski definition) is 2. The first kappa shape index (κ1) is 10.4. The first-order valence-electron chi connectivity index (χ1n) is 3.37. The predicted octanol–water partition coefficient (Wildman–Crippen LogP) is 1.58. The standard InChI is InChI=1S/C8H12N2.ClH/c1-6-3-4-10-8(5-9)7(6)2;/h3-4H,5,9H2,1-2H3;1H. The molecule has 0 atom stereocenters. The number of aryl methyl sites for hydroxylation is 1. The fourth-order valence-electron chi connectivity index (χ4n) is 0.894. The minimum Gasteiger partial charge on any atom is -0.325 e. The van der Waals surface area contributed by atoms with Crippen LogP contribution >= 0.6 is 12.4 Å². The van der Waals surface area contributed by atoms with E-state index < -0.39 is 0 Å². The molecule has 0 fully saturated rings. The summed E-state index contributed by atoms with van der Waals surface area (Å²) in [4.78, 5) is 4.13. The summed E-state index contributed by atoms with van der Waals surface area (Å²) in [6.45, 7) is 4.65. The Morgan fingerprint density at radius 1 is 1.45 bits per heavy atom. The molecule has 1 rings (SSSR count). The first-order valence-corrected chi connectivity index (χ1v) is 3.37. The minimum atomic E-state index is 0. The SMILES string of the molecule is Cc1ccnc(CN)c1C.Cl. The van der Waals surface area contributed by atoms with Crippen molar-refractivity contribution in [2.75, 3.05) is 0 Å². The van der Waals surface area contributed by atoms with E-state index in [1.54, 1.807) is 6.20 Å². The van der Waals surface area contributed by atoms with E-state index in [4.69, 9.17) is 5.73 Å². The van der Waals surface area contributed by atoms with Gasteiger partial charge in [-0.3, -0.25) is 4.98 Å². The van der Waals surface area contributed by atoms with E-state index in [1.807, 2.05) is 13.0 Å². The molecule has 0 bridgehead atoms. The molecule has 0 aliphatic rings. The lowest BCUT2D eigenvalue weighted by atomic mass is 10.1. The number of rotatable bonds is 1. The lowest BCUT2D eigenvalue weighted by Gasteiger charge is -2.02. The van der Waals surface area contributed by atoms with Gasteiger partial charge in [0.25, 0.3) is 0 Å². The fourth-order valence-corrected chi connectivity index (χ4v) is 0.894. The van der Waals surface area contributed by atoms with Gasteiger partial charge in [-0.25, -0.2) is 0 Å². The number of nitrogens with zero attached hydrogens (tertiary/aromatic N) is 1. The molecule has 1 aromatic heterocycles. The maximum atomic E-state index is 5.46. The largest absolute Gasteiger partial charge is 0.325 e. The number of pyridine rings is 1. The molecule has 2 nitrogen and oxygen atoms in total. The lowest BCUT2D eigenvalue weighted by Crippen LogP contribution is -2.02. The van der Waals surface area contributed by atoms with Gasteiger partial charge in [-0.1, -0.05) is 0 Å². The molecule has 0 spiro atoms. The molecule has 62 valence electrons. The molecule has 2 N–H and O–H groups in total. The smallest absolute Gasteiger partial charge is 0.0571 e. The van der Waals surface area contributed by atoms with Crippen LogP contribution in [0.2, 0.25) is 0 Å². The van der Waals surface area contributed by atoms with Crippen molar-refractivity contribution in [1.82, 2.24) is 4.98 Å². The van der Waals surface area contributed by atoms with Crippen LogP contribution in [0.4, 0.5) is 0 Å². The maximum absolute atomic E-state index is 5.46. The molecule has 0 radical (unpaired) electrons. The van der Waals surface area contributed by atoms with E-state index in [1.165, 1.54) is 11.1 Å². The Morgan fingerprint density at radius 3 is 2.55 bits per heavy atom. The van der Waals surface area contributed by atoms with Crippen molar-refractivity contribution in [3.8, 4) is 0 Å². The van der Waals surface area contributed by atoms with Crippen LogP contribution in [-0.2, 0) is 6.54 Å². The summed E-state index contributed by atoms with van der Waals surface area (Å²) < 4.78 is 0. The molecule has 0 aliphatic carbocycles. The Labute approximate surface area is 73.2 Å². The molecule has 0 saturated carbocycles. The van der Waals surface area contributed by atoms with E-state index in [0.717, 1.165) is 5.69 Å². The molecule has 0 aliphatic heterocycles. The summed E-state index contributed by atoms with van der Waals surface area (Å²) in [7, 11) is 0. The van der Waals surface area contributed by atoms with Crippen molar-refractivity contribution in [2.45, 2.75) is 20.4 Å². The fraction of sp³-hybridized carbons (Fsp3) is 0.375. The number of aromatic nitrogens is 1. The van der Waals surface area contributed by atoms with E-state index in [9.17, 15) is 0 Å². The van der Waals surface area contributed by atoms with Crippen molar-refractivity contribution < 1.29 is 0 Å². The van der Waals surface area contributed by atoms with Gasteiger partial charge < -0.3 is 5.73 Å². The molecule has 11 heavy (non-hydrogen) atoms. The highest BCUT2D eigenvalue weighted by Gasteiger charge is 1.97. The predicted molar refractivity (Wildman–Crippen MR) is 48.9 cm³/mol. The maximum Gasteiger partial charge on any atom is 0.0571 e. The third-order valence-electron chi connectivity index (χ3n) is 1.77. The van der Waals surface area contributed by atoms with Crippen molar-refractivity contribution in [1.29, 1.82) is 0 Å². The molecular formula is C8H13ClN2.